The maximum Gasteiger partial charge on any atom is 0.164 e. The second kappa shape index (κ2) is 6.03. The summed E-state index contributed by atoms with van der Waals surface area (Å²) in [5.41, 5.74) is 0. The van der Waals surface area contributed by atoms with Crippen molar-refractivity contribution in [2.75, 3.05) is 11.0 Å². The van der Waals surface area contributed by atoms with E-state index >= 15 is 0 Å². The van der Waals surface area contributed by atoms with E-state index in [-0.39, 0.29) is 30.5 Å². The first-order valence-electron chi connectivity index (χ1n) is 8.11. The standard InChI is InChI=1S/C16H27IO6/c1-14(2)18-8-10(20-14)12-13(23-16(5,6)22-12)11-9(7-17)19-15(3,4)21-11/h9-13H,7-8H2,1-6H3/t9-,10+,11+,12+,13+/m0/s1. The molecule has 0 spiro atoms. The number of hydrogen-bond acceptors (Lipinski definition) is 6. The molecule has 7 heteroatoms. The number of alkyl halides is 1. The summed E-state index contributed by atoms with van der Waals surface area (Å²) in [6.07, 6.45) is -0.917. The van der Waals surface area contributed by atoms with Gasteiger partial charge in [-0.15, -0.1) is 0 Å². The molecule has 3 rings (SSSR count). The lowest BCUT2D eigenvalue weighted by molar-refractivity contribution is -0.178. The maximum atomic E-state index is 6.19. The van der Waals surface area contributed by atoms with Gasteiger partial charge < -0.3 is 28.4 Å². The fourth-order valence-electron chi connectivity index (χ4n) is 3.50. The highest BCUT2D eigenvalue weighted by Gasteiger charge is 2.57. The molecule has 0 saturated carbocycles. The zero-order valence-corrected chi connectivity index (χ0v) is 16.8. The van der Waals surface area contributed by atoms with Crippen LogP contribution in [0.3, 0.4) is 0 Å². The van der Waals surface area contributed by atoms with Crippen LogP contribution in [0.25, 0.3) is 0 Å². The summed E-state index contributed by atoms with van der Waals surface area (Å²) in [6.45, 7) is 12.0. The predicted octanol–water partition coefficient (Wildman–Crippen LogP) is 2.61. The van der Waals surface area contributed by atoms with Gasteiger partial charge in [0.1, 0.15) is 24.4 Å². The molecule has 0 aromatic heterocycles. The zero-order valence-electron chi connectivity index (χ0n) is 14.6. The summed E-state index contributed by atoms with van der Waals surface area (Å²) in [5, 5.41) is 0. The van der Waals surface area contributed by atoms with E-state index in [1.165, 1.54) is 0 Å². The average Bonchev–Trinajstić information content (AvgIpc) is 3.02. The lowest BCUT2D eigenvalue weighted by Crippen LogP contribution is -2.48. The second-order valence-corrected chi connectivity index (χ2v) is 8.61. The maximum absolute atomic E-state index is 6.19. The lowest BCUT2D eigenvalue weighted by atomic mass is 10.0. The Labute approximate surface area is 151 Å². The molecular weight excluding hydrogens is 415 g/mol. The third-order valence-electron chi connectivity index (χ3n) is 4.26. The molecule has 0 aromatic rings. The smallest absolute Gasteiger partial charge is 0.164 e. The van der Waals surface area contributed by atoms with Crippen LogP contribution < -0.4 is 0 Å². The monoisotopic (exact) mass is 442 g/mol. The van der Waals surface area contributed by atoms with Gasteiger partial charge in [-0.05, 0) is 41.5 Å². The Hall–Kier alpha value is 0.490. The fraction of sp³-hybridized carbons (Fsp3) is 1.00. The van der Waals surface area contributed by atoms with Gasteiger partial charge in [-0.3, -0.25) is 0 Å². The van der Waals surface area contributed by atoms with Crippen LogP contribution in [0.4, 0.5) is 0 Å². The summed E-state index contributed by atoms with van der Waals surface area (Å²) in [5.74, 6) is -1.90. The summed E-state index contributed by atoms with van der Waals surface area (Å²) in [4.78, 5) is 0. The van der Waals surface area contributed by atoms with E-state index in [0.29, 0.717) is 6.61 Å². The van der Waals surface area contributed by atoms with E-state index in [0.717, 1.165) is 4.43 Å². The van der Waals surface area contributed by atoms with Crippen LogP contribution in [0.1, 0.15) is 41.5 Å². The SMILES string of the molecule is CC1(C)O[C@H]([C@@H]2OC(C)(C)O[C@H]2CI)[C@@H]([C@H]2COC(C)(C)O2)O1. The van der Waals surface area contributed by atoms with Gasteiger partial charge >= 0.3 is 0 Å². The molecule has 6 nitrogen and oxygen atoms in total. The quantitative estimate of drug-likeness (QED) is 0.495. The number of halogens is 1. The van der Waals surface area contributed by atoms with Crippen LogP contribution >= 0.6 is 22.6 Å². The zero-order chi connectivity index (χ0) is 17.0. The molecule has 0 unspecified atom stereocenters. The molecule has 5 atom stereocenters. The molecule has 0 amide bonds. The van der Waals surface area contributed by atoms with Crippen molar-refractivity contribution >= 4 is 22.6 Å². The Kier molecular flexibility index (Phi) is 4.80. The summed E-state index contributed by atoms with van der Waals surface area (Å²) < 4.78 is 37.0. The van der Waals surface area contributed by atoms with E-state index in [9.17, 15) is 0 Å². The van der Waals surface area contributed by atoms with Crippen molar-refractivity contribution in [1.82, 2.24) is 0 Å². The Morgan fingerprint density at radius 3 is 1.87 bits per heavy atom. The van der Waals surface area contributed by atoms with Gasteiger partial charge in [0, 0.05) is 4.43 Å². The van der Waals surface area contributed by atoms with Crippen LogP contribution in [0, 0.1) is 0 Å². The van der Waals surface area contributed by atoms with E-state index in [4.69, 9.17) is 28.4 Å². The van der Waals surface area contributed by atoms with Crippen molar-refractivity contribution in [1.29, 1.82) is 0 Å². The third-order valence-corrected chi connectivity index (χ3v) is 5.13. The molecule has 3 saturated heterocycles. The third kappa shape index (κ3) is 3.86. The Morgan fingerprint density at radius 1 is 0.739 bits per heavy atom. The van der Waals surface area contributed by atoms with Crippen LogP contribution in [-0.2, 0) is 28.4 Å². The predicted molar refractivity (Wildman–Crippen MR) is 91.4 cm³/mol. The molecule has 0 N–H and O–H groups in total. The average molecular weight is 442 g/mol. The van der Waals surface area contributed by atoms with Gasteiger partial charge in [0.15, 0.2) is 17.4 Å². The highest BCUT2D eigenvalue weighted by Crippen LogP contribution is 2.42. The lowest BCUT2D eigenvalue weighted by Gasteiger charge is -2.28. The molecule has 0 radical (unpaired) electrons. The minimum Gasteiger partial charge on any atom is -0.348 e. The van der Waals surface area contributed by atoms with Gasteiger partial charge in [0.25, 0.3) is 0 Å². The van der Waals surface area contributed by atoms with Gasteiger partial charge in [-0.2, -0.15) is 0 Å². The van der Waals surface area contributed by atoms with Crippen molar-refractivity contribution in [3.05, 3.63) is 0 Å². The molecular formula is C16H27IO6. The highest BCUT2D eigenvalue weighted by atomic mass is 127. The largest absolute Gasteiger partial charge is 0.348 e. The minimum atomic E-state index is -0.683. The van der Waals surface area contributed by atoms with Crippen molar-refractivity contribution in [2.45, 2.75) is 89.4 Å². The van der Waals surface area contributed by atoms with E-state index in [2.05, 4.69) is 22.6 Å². The van der Waals surface area contributed by atoms with E-state index in [1.807, 2.05) is 41.5 Å². The van der Waals surface area contributed by atoms with Gasteiger partial charge in [-0.25, -0.2) is 0 Å². The van der Waals surface area contributed by atoms with Crippen LogP contribution in [0.5, 0.6) is 0 Å². The Morgan fingerprint density at radius 2 is 1.30 bits per heavy atom. The Balaban J connectivity index is 1.81. The summed E-state index contributed by atoms with van der Waals surface area (Å²) in [7, 11) is 0. The summed E-state index contributed by atoms with van der Waals surface area (Å²) >= 11 is 2.32. The molecule has 0 bridgehead atoms. The van der Waals surface area contributed by atoms with Gasteiger partial charge in [-0.1, -0.05) is 22.6 Å². The van der Waals surface area contributed by atoms with Crippen molar-refractivity contribution in [3.8, 4) is 0 Å². The first kappa shape index (κ1) is 18.3. The van der Waals surface area contributed by atoms with Gasteiger partial charge in [0.05, 0.1) is 12.7 Å². The van der Waals surface area contributed by atoms with Gasteiger partial charge in [0.2, 0.25) is 0 Å². The molecule has 23 heavy (non-hydrogen) atoms. The summed E-state index contributed by atoms with van der Waals surface area (Å²) in [6, 6.07) is 0. The minimum absolute atomic E-state index is 0.0362. The molecule has 0 aliphatic carbocycles. The number of rotatable bonds is 3. The number of hydrogen-bond donors (Lipinski definition) is 0. The molecule has 3 fully saturated rings. The van der Waals surface area contributed by atoms with Crippen molar-refractivity contribution in [2.24, 2.45) is 0 Å². The normalized spacial score (nSPS) is 44.7. The van der Waals surface area contributed by atoms with E-state index < -0.39 is 17.4 Å². The Bertz CT molecular complexity index is 452. The van der Waals surface area contributed by atoms with Crippen molar-refractivity contribution in [3.63, 3.8) is 0 Å². The molecule has 3 aliphatic rings. The molecule has 134 valence electrons. The topological polar surface area (TPSA) is 55.4 Å². The molecule has 0 aromatic carbocycles. The fourth-order valence-corrected chi connectivity index (χ4v) is 4.18. The number of ether oxygens (including phenoxy) is 6. The molecule has 3 aliphatic heterocycles. The first-order chi connectivity index (χ1) is 10.5. The second-order valence-electron chi connectivity index (χ2n) is 7.72. The first-order valence-corrected chi connectivity index (χ1v) is 9.63. The van der Waals surface area contributed by atoms with E-state index in [1.54, 1.807) is 0 Å². The molecule has 3 heterocycles. The van der Waals surface area contributed by atoms with Crippen LogP contribution in [0.15, 0.2) is 0 Å². The van der Waals surface area contributed by atoms with Crippen molar-refractivity contribution < 1.29 is 28.4 Å². The van der Waals surface area contributed by atoms with Crippen LogP contribution in [-0.4, -0.2) is 58.9 Å². The highest BCUT2D eigenvalue weighted by molar-refractivity contribution is 14.1. The van der Waals surface area contributed by atoms with Crippen LogP contribution in [0.2, 0.25) is 0 Å².